The van der Waals surface area contributed by atoms with Crippen LogP contribution in [0.2, 0.25) is 0 Å². The first-order valence-electron chi connectivity index (χ1n) is 7.05. The fraction of sp³-hybridized carbons (Fsp3) is 0.929. The van der Waals surface area contributed by atoms with Gasteiger partial charge in [0.25, 0.3) is 0 Å². The summed E-state index contributed by atoms with van der Waals surface area (Å²) in [6, 6.07) is 0. The van der Waals surface area contributed by atoms with Crippen molar-refractivity contribution in [2.75, 3.05) is 6.54 Å². The first-order valence-corrected chi connectivity index (χ1v) is 7.05. The molecule has 1 unspecified atom stereocenters. The molecule has 0 heterocycles. The second-order valence-electron chi connectivity index (χ2n) is 5.08. The molecule has 0 saturated heterocycles. The summed E-state index contributed by atoms with van der Waals surface area (Å²) in [5.74, 6) is -0.718. The summed E-state index contributed by atoms with van der Waals surface area (Å²) < 4.78 is 0. The summed E-state index contributed by atoms with van der Waals surface area (Å²) in [5.41, 5.74) is -0.735. The lowest BCUT2D eigenvalue weighted by Crippen LogP contribution is -2.49. The summed E-state index contributed by atoms with van der Waals surface area (Å²) in [7, 11) is 0. The Morgan fingerprint density at radius 3 is 2.18 bits per heavy atom. The quantitative estimate of drug-likeness (QED) is 0.545. The van der Waals surface area contributed by atoms with Gasteiger partial charge in [0.05, 0.1) is 0 Å². The fourth-order valence-corrected chi connectivity index (χ4v) is 1.89. The van der Waals surface area contributed by atoms with Gasteiger partial charge in [-0.1, -0.05) is 52.4 Å². The molecule has 0 aliphatic heterocycles. The SMILES string of the molecule is CCCCCCCC(C)(NCCCC)C(=O)O. The van der Waals surface area contributed by atoms with Crippen LogP contribution in [-0.4, -0.2) is 23.2 Å². The monoisotopic (exact) mass is 243 g/mol. The number of rotatable bonds is 11. The van der Waals surface area contributed by atoms with Crippen LogP contribution in [0.3, 0.4) is 0 Å². The molecular weight excluding hydrogens is 214 g/mol. The van der Waals surface area contributed by atoms with Crippen LogP contribution in [0.1, 0.15) is 72.1 Å². The van der Waals surface area contributed by atoms with Gasteiger partial charge in [0.15, 0.2) is 0 Å². The Balaban J connectivity index is 3.91. The molecule has 0 rings (SSSR count). The van der Waals surface area contributed by atoms with E-state index in [2.05, 4.69) is 19.2 Å². The maximum atomic E-state index is 11.3. The maximum absolute atomic E-state index is 11.3. The van der Waals surface area contributed by atoms with Gasteiger partial charge in [-0.05, 0) is 26.3 Å². The highest BCUT2D eigenvalue weighted by molar-refractivity contribution is 5.78. The van der Waals surface area contributed by atoms with Crippen LogP contribution < -0.4 is 5.32 Å². The highest BCUT2D eigenvalue weighted by Gasteiger charge is 2.31. The van der Waals surface area contributed by atoms with Crippen molar-refractivity contribution in [2.24, 2.45) is 0 Å². The van der Waals surface area contributed by atoms with Crippen LogP contribution in [-0.2, 0) is 4.79 Å². The molecular formula is C14H29NO2. The third-order valence-corrected chi connectivity index (χ3v) is 3.30. The van der Waals surface area contributed by atoms with Crippen LogP contribution in [0, 0.1) is 0 Å². The fourth-order valence-electron chi connectivity index (χ4n) is 1.89. The first kappa shape index (κ1) is 16.4. The molecule has 0 aliphatic rings. The summed E-state index contributed by atoms with van der Waals surface area (Å²) in [6.45, 7) is 6.91. The highest BCUT2D eigenvalue weighted by atomic mass is 16.4. The molecule has 0 aliphatic carbocycles. The van der Waals surface area contributed by atoms with E-state index < -0.39 is 11.5 Å². The molecule has 0 aromatic heterocycles. The van der Waals surface area contributed by atoms with Gasteiger partial charge in [0.2, 0.25) is 0 Å². The number of carboxylic acids is 1. The van der Waals surface area contributed by atoms with E-state index >= 15 is 0 Å². The number of hydrogen-bond acceptors (Lipinski definition) is 2. The van der Waals surface area contributed by atoms with Crippen LogP contribution in [0.25, 0.3) is 0 Å². The van der Waals surface area contributed by atoms with Crippen LogP contribution in [0.4, 0.5) is 0 Å². The summed E-state index contributed by atoms with van der Waals surface area (Å²) in [6.07, 6.45) is 8.72. The van der Waals surface area contributed by atoms with E-state index in [0.29, 0.717) is 0 Å². The van der Waals surface area contributed by atoms with E-state index in [0.717, 1.165) is 38.6 Å². The Bertz CT molecular complexity index is 206. The van der Waals surface area contributed by atoms with E-state index in [1.807, 2.05) is 6.92 Å². The Kier molecular flexibility index (Phi) is 9.14. The largest absolute Gasteiger partial charge is 0.480 e. The summed E-state index contributed by atoms with van der Waals surface area (Å²) >= 11 is 0. The average molecular weight is 243 g/mol. The molecule has 2 N–H and O–H groups in total. The number of hydrogen-bond donors (Lipinski definition) is 2. The van der Waals surface area contributed by atoms with E-state index in [9.17, 15) is 9.90 Å². The van der Waals surface area contributed by atoms with Crippen LogP contribution >= 0.6 is 0 Å². The van der Waals surface area contributed by atoms with E-state index in [4.69, 9.17) is 0 Å². The minimum absolute atomic E-state index is 0.718. The summed E-state index contributed by atoms with van der Waals surface area (Å²) in [4.78, 5) is 11.3. The molecule has 0 aromatic carbocycles. The zero-order chi connectivity index (χ0) is 13.1. The van der Waals surface area contributed by atoms with Crippen LogP contribution in [0.5, 0.6) is 0 Å². The van der Waals surface area contributed by atoms with Gasteiger partial charge in [0.1, 0.15) is 5.54 Å². The topological polar surface area (TPSA) is 49.3 Å². The second-order valence-corrected chi connectivity index (χ2v) is 5.08. The normalized spacial score (nSPS) is 14.5. The lowest BCUT2D eigenvalue weighted by Gasteiger charge is -2.26. The van der Waals surface area contributed by atoms with Crippen molar-refractivity contribution in [1.82, 2.24) is 5.32 Å². The average Bonchev–Trinajstić information content (AvgIpc) is 2.29. The lowest BCUT2D eigenvalue weighted by molar-refractivity contribution is -0.144. The Hall–Kier alpha value is -0.570. The highest BCUT2D eigenvalue weighted by Crippen LogP contribution is 2.16. The standard InChI is InChI=1S/C14H29NO2/c1-4-6-8-9-10-11-14(3,13(16)17)15-12-7-5-2/h15H,4-12H2,1-3H3,(H,16,17). The minimum atomic E-state index is -0.735. The Labute approximate surface area is 106 Å². The second kappa shape index (κ2) is 9.46. The molecule has 0 radical (unpaired) electrons. The molecule has 0 saturated carbocycles. The van der Waals surface area contributed by atoms with Crippen molar-refractivity contribution in [1.29, 1.82) is 0 Å². The molecule has 0 spiro atoms. The zero-order valence-electron chi connectivity index (χ0n) is 11.7. The van der Waals surface area contributed by atoms with Crippen molar-refractivity contribution in [2.45, 2.75) is 77.7 Å². The zero-order valence-corrected chi connectivity index (χ0v) is 11.7. The Morgan fingerprint density at radius 2 is 1.65 bits per heavy atom. The van der Waals surface area contributed by atoms with E-state index in [1.165, 1.54) is 19.3 Å². The van der Waals surface area contributed by atoms with Crippen LogP contribution in [0.15, 0.2) is 0 Å². The van der Waals surface area contributed by atoms with Gasteiger partial charge >= 0.3 is 5.97 Å². The van der Waals surface area contributed by atoms with Gasteiger partial charge in [-0.2, -0.15) is 0 Å². The molecule has 0 bridgehead atoms. The van der Waals surface area contributed by atoms with Crippen molar-refractivity contribution < 1.29 is 9.90 Å². The van der Waals surface area contributed by atoms with Crippen molar-refractivity contribution in [3.05, 3.63) is 0 Å². The predicted octanol–water partition coefficient (Wildman–Crippen LogP) is 3.58. The molecule has 0 amide bonds. The maximum Gasteiger partial charge on any atom is 0.323 e. The van der Waals surface area contributed by atoms with Gasteiger partial charge < -0.3 is 10.4 Å². The lowest BCUT2D eigenvalue weighted by atomic mass is 9.93. The smallest absolute Gasteiger partial charge is 0.323 e. The minimum Gasteiger partial charge on any atom is -0.480 e. The van der Waals surface area contributed by atoms with Crippen molar-refractivity contribution >= 4 is 5.97 Å². The molecule has 102 valence electrons. The van der Waals surface area contributed by atoms with Gasteiger partial charge in [-0.3, -0.25) is 4.79 Å². The predicted molar refractivity (Wildman–Crippen MR) is 72.3 cm³/mol. The molecule has 3 nitrogen and oxygen atoms in total. The number of carboxylic acid groups (broad SMARTS) is 1. The summed E-state index contributed by atoms with van der Waals surface area (Å²) in [5, 5.41) is 12.5. The van der Waals surface area contributed by atoms with Gasteiger partial charge in [-0.25, -0.2) is 0 Å². The van der Waals surface area contributed by atoms with Gasteiger partial charge in [-0.15, -0.1) is 0 Å². The van der Waals surface area contributed by atoms with Crippen molar-refractivity contribution in [3.63, 3.8) is 0 Å². The third-order valence-electron chi connectivity index (χ3n) is 3.30. The number of unbranched alkanes of at least 4 members (excludes halogenated alkanes) is 5. The number of nitrogens with one attached hydrogen (secondary N) is 1. The third kappa shape index (κ3) is 7.37. The molecule has 0 fully saturated rings. The van der Waals surface area contributed by atoms with E-state index in [1.54, 1.807) is 0 Å². The molecule has 0 aromatic rings. The molecule has 17 heavy (non-hydrogen) atoms. The van der Waals surface area contributed by atoms with Crippen molar-refractivity contribution in [3.8, 4) is 0 Å². The van der Waals surface area contributed by atoms with E-state index in [-0.39, 0.29) is 0 Å². The number of carbonyl (C=O) groups is 1. The number of aliphatic carboxylic acids is 1. The molecule has 1 atom stereocenters. The van der Waals surface area contributed by atoms with Gasteiger partial charge in [0, 0.05) is 0 Å². The Morgan fingerprint density at radius 1 is 1.06 bits per heavy atom. The molecule has 3 heteroatoms. The first-order chi connectivity index (χ1) is 8.06.